The van der Waals surface area contributed by atoms with E-state index in [0.29, 0.717) is 26.1 Å². The average Bonchev–Trinajstić information content (AvgIpc) is 2.79. The Balaban J connectivity index is 1.70. The smallest absolute Gasteiger partial charge is 0.327 e. The summed E-state index contributed by atoms with van der Waals surface area (Å²) in [5, 5.41) is 0. The van der Waals surface area contributed by atoms with Crippen LogP contribution in [0.3, 0.4) is 0 Å². The van der Waals surface area contributed by atoms with Crippen LogP contribution in [-0.4, -0.2) is 58.2 Å². The number of imide groups is 1. The van der Waals surface area contributed by atoms with Gasteiger partial charge in [-0.25, -0.2) is 4.79 Å². The summed E-state index contributed by atoms with van der Waals surface area (Å²) in [4.78, 5) is 42.4. The lowest BCUT2D eigenvalue weighted by molar-refractivity contribution is -0.137. The standard InChI is InChI=1S/C19H25N3O3/c1-19(2,3)11-16(23)20-9-10-21-15(13-20)17(24)22(18(21)25)12-14-7-5-4-6-8-14/h4-8,15H,9-13H2,1-3H3/t15-/m1/s1. The fraction of sp³-hybridized carbons (Fsp3) is 0.526. The van der Waals surface area contributed by atoms with E-state index in [9.17, 15) is 14.4 Å². The normalized spacial score (nSPS) is 20.9. The van der Waals surface area contributed by atoms with Gasteiger partial charge in [0.1, 0.15) is 6.04 Å². The van der Waals surface area contributed by atoms with E-state index in [1.807, 2.05) is 51.1 Å². The van der Waals surface area contributed by atoms with Gasteiger partial charge in [0, 0.05) is 19.5 Å². The van der Waals surface area contributed by atoms with Gasteiger partial charge < -0.3 is 9.80 Å². The zero-order chi connectivity index (χ0) is 18.2. The summed E-state index contributed by atoms with van der Waals surface area (Å²) < 4.78 is 0. The van der Waals surface area contributed by atoms with Crippen LogP contribution in [0, 0.1) is 5.41 Å². The highest BCUT2D eigenvalue weighted by atomic mass is 16.2. The number of carbonyl (C=O) groups excluding carboxylic acids is 3. The summed E-state index contributed by atoms with van der Waals surface area (Å²) in [5.41, 5.74) is 0.827. The van der Waals surface area contributed by atoms with Gasteiger partial charge in [-0.15, -0.1) is 0 Å². The van der Waals surface area contributed by atoms with E-state index in [4.69, 9.17) is 0 Å². The van der Waals surface area contributed by atoms with Crippen LogP contribution in [0.4, 0.5) is 4.79 Å². The average molecular weight is 343 g/mol. The summed E-state index contributed by atoms with van der Waals surface area (Å²) in [7, 11) is 0. The Hall–Kier alpha value is -2.37. The third kappa shape index (κ3) is 3.67. The van der Waals surface area contributed by atoms with Crippen molar-refractivity contribution in [2.75, 3.05) is 19.6 Å². The zero-order valence-electron chi connectivity index (χ0n) is 15.1. The number of fused-ring (bicyclic) bond motifs is 1. The first-order valence-corrected chi connectivity index (χ1v) is 8.70. The first-order chi connectivity index (χ1) is 11.8. The molecule has 1 aromatic carbocycles. The van der Waals surface area contributed by atoms with Gasteiger partial charge in [-0.2, -0.15) is 0 Å². The minimum absolute atomic E-state index is 0.0499. The van der Waals surface area contributed by atoms with Gasteiger partial charge >= 0.3 is 6.03 Å². The predicted octanol–water partition coefficient (Wildman–Crippen LogP) is 2.10. The lowest BCUT2D eigenvalue weighted by Crippen LogP contribution is -2.55. The van der Waals surface area contributed by atoms with Gasteiger partial charge in [0.15, 0.2) is 0 Å². The van der Waals surface area contributed by atoms with Crippen LogP contribution in [0.2, 0.25) is 0 Å². The van der Waals surface area contributed by atoms with Crippen LogP contribution in [0.15, 0.2) is 30.3 Å². The van der Waals surface area contributed by atoms with Crippen molar-refractivity contribution in [1.82, 2.24) is 14.7 Å². The molecule has 25 heavy (non-hydrogen) atoms. The lowest BCUT2D eigenvalue weighted by Gasteiger charge is -2.36. The second-order valence-electron chi connectivity index (χ2n) is 7.98. The molecule has 2 fully saturated rings. The first-order valence-electron chi connectivity index (χ1n) is 8.70. The Morgan fingerprint density at radius 1 is 1.12 bits per heavy atom. The van der Waals surface area contributed by atoms with E-state index in [0.717, 1.165) is 5.56 Å². The molecular weight excluding hydrogens is 318 g/mol. The lowest BCUT2D eigenvalue weighted by atomic mass is 9.91. The Bertz CT molecular complexity index is 681. The summed E-state index contributed by atoms with van der Waals surface area (Å²) in [6.45, 7) is 7.54. The van der Waals surface area contributed by atoms with Crippen molar-refractivity contribution in [3.63, 3.8) is 0 Å². The summed E-state index contributed by atoms with van der Waals surface area (Å²) in [5.74, 6) is -0.156. The van der Waals surface area contributed by atoms with Crippen molar-refractivity contribution < 1.29 is 14.4 Å². The van der Waals surface area contributed by atoms with E-state index in [2.05, 4.69) is 0 Å². The fourth-order valence-corrected chi connectivity index (χ4v) is 3.36. The Labute approximate surface area is 148 Å². The van der Waals surface area contributed by atoms with Crippen molar-refractivity contribution in [2.45, 2.75) is 39.8 Å². The summed E-state index contributed by atoms with van der Waals surface area (Å²) in [6, 6.07) is 8.68. The monoisotopic (exact) mass is 343 g/mol. The van der Waals surface area contributed by atoms with Crippen molar-refractivity contribution in [2.24, 2.45) is 5.41 Å². The highest BCUT2D eigenvalue weighted by molar-refractivity contribution is 6.04. The number of hydrogen-bond donors (Lipinski definition) is 0. The van der Waals surface area contributed by atoms with Crippen molar-refractivity contribution in [3.8, 4) is 0 Å². The number of hydrogen-bond acceptors (Lipinski definition) is 3. The maximum absolute atomic E-state index is 12.7. The third-order valence-electron chi connectivity index (χ3n) is 4.63. The quantitative estimate of drug-likeness (QED) is 0.790. The number of amides is 4. The van der Waals surface area contributed by atoms with E-state index < -0.39 is 6.04 Å². The number of rotatable bonds is 3. The Kier molecular flexibility index (Phi) is 4.54. The van der Waals surface area contributed by atoms with E-state index >= 15 is 0 Å². The van der Waals surface area contributed by atoms with Gasteiger partial charge in [0.25, 0.3) is 5.91 Å². The molecule has 0 aliphatic carbocycles. The number of nitrogens with zero attached hydrogens (tertiary/aromatic N) is 3. The summed E-state index contributed by atoms with van der Waals surface area (Å²) >= 11 is 0. The van der Waals surface area contributed by atoms with E-state index in [1.54, 1.807) is 9.80 Å². The number of carbonyl (C=O) groups is 3. The van der Waals surface area contributed by atoms with E-state index in [-0.39, 0.29) is 29.8 Å². The van der Waals surface area contributed by atoms with Gasteiger partial charge in [0.05, 0.1) is 13.1 Å². The topological polar surface area (TPSA) is 60.9 Å². The minimum Gasteiger partial charge on any atom is -0.338 e. The molecule has 1 atom stereocenters. The third-order valence-corrected chi connectivity index (χ3v) is 4.63. The molecule has 0 N–H and O–H groups in total. The number of piperazine rings is 1. The molecule has 6 nitrogen and oxygen atoms in total. The maximum Gasteiger partial charge on any atom is 0.327 e. The predicted molar refractivity (Wildman–Crippen MR) is 93.5 cm³/mol. The van der Waals surface area contributed by atoms with Crippen molar-refractivity contribution in [3.05, 3.63) is 35.9 Å². The molecule has 6 heteroatoms. The number of urea groups is 1. The molecule has 0 radical (unpaired) electrons. The second kappa shape index (κ2) is 6.50. The van der Waals surface area contributed by atoms with Crippen molar-refractivity contribution >= 4 is 17.8 Å². The molecule has 1 aromatic rings. The molecule has 4 amide bonds. The van der Waals surface area contributed by atoms with Crippen LogP contribution in [0.25, 0.3) is 0 Å². The SMILES string of the molecule is CC(C)(C)CC(=O)N1CCN2C(=O)N(Cc3ccccc3)C(=O)[C@H]2C1. The molecule has 0 saturated carbocycles. The Morgan fingerprint density at radius 3 is 2.44 bits per heavy atom. The number of benzene rings is 1. The first kappa shape index (κ1) is 17.5. The van der Waals surface area contributed by atoms with Crippen LogP contribution in [-0.2, 0) is 16.1 Å². The minimum atomic E-state index is -0.547. The molecule has 3 rings (SSSR count). The second-order valence-corrected chi connectivity index (χ2v) is 7.98. The molecule has 0 spiro atoms. The molecule has 0 aromatic heterocycles. The molecule has 2 aliphatic heterocycles. The molecule has 0 bridgehead atoms. The molecule has 2 aliphatic rings. The Morgan fingerprint density at radius 2 is 1.80 bits per heavy atom. The van der Waals surface area contributed by atoms with E-state index in [1.165, 1.54) is 4.90 Å². The van der Waals surface area contributed by atoms with Gasteiger partial charge in [0.2, 0.25) is 5.91 Å². The van der Waals surface area contributed by atoms with Gasteiger partial charge in [-0.3, -0.25) is 14.5 Å². The highest BCUT2D eigenvalue weighted by Crippen LogP contribution is 2.26. The van der Waals surface area contributed by atoms with Crippen LogP contribution in [0.5, 0.6) is 0 Å². The zero-order valence-corrected chi connectivity index (χ0v) is 15.1. The fourth-order valence-electron chi connectivity index (χ4n) is 3.36. The molecule has 2 heterocycles. The highest BCUT2D eigenvalue weighted by Gasteiger charge is 2.48. The largest absolute Gasteiger partial charge is 0.338 e. The van der Waals surface area contributed by atoms with Crippen LogP contribution < -0.4 is 0 Å². The molecule has 134 valence electrons. The van der Waals surface area contributed by atoms with Gasteiger partial charge in [-0.05, 0) is 11.0 Å². The summed E-state index contributed by atoms with van der Waals surface area (Å²) in [6.07, 6.45) is 0.440. The molecule has 2 saturated heterocycles. The molecular formula is C19H25N3O3. The van der Waals surface area contributed by atoms with Gasteiger partial charge in [-0.1, -0.05) is 51.1 Å². The van der Waals surface area contributed by atoms with Crippen molar-refractivity contribution in [1.29, 1.82) is 0 Å². The maximum atomic E-state index is 12.7. The van der Waals surface area contributed by atoms with Crippen LogP contribution >= 0.6 is 0 Å². The van der Waals surface area contributed by atoms with Crippen LogP contribution in [0.1, 0.15) is 32.8 Å². The molecule has 0 unspecified atom stereocenters.